The number of carbonyl (C=O) groups excluding carboxylic acids is 3. The Kier molecular flexibility index (Phi) is 7.01. The summed E-state index contributed by atoms with van der Waals surface area (Å²) in [4.78, 5) is 41.6. The van der Waals surface area contributed by atoms with Crippen molar-refractivity contribution < 1.29 is 18.8 Å². The lowest BCUT2D eigenvalue weighted by Crippen LogP contribution is -2.51. The zero-order chi connectivity index (χ0) is 26.4. The highest BCUT2D eigenvalue weighted by Crippen LogP contribution is 2.46. The minimum absolute atomic E-state index is 0.00226. The molecule has 1 N–H and O–H groups in total. The van der Waals surface area contributed by atoms with Crippen molar-refractivity contribution in [3.63, 3.8) is 0 Å². The molecule has 1 atom stereocenters. The largest absolute Gasteiger partial charge is 0.364 e. The average Bonchev–Trinajstić information content (AvgIpc) is 3.03. The van der Waals surface area contributed by atoms with Crippen LogP contribution in [0.4, 0.5) is 20.6 Å². The lowest BCUT2D eigenvalue weighted by atomic mass is 9.78. The van der Waals surface area contributed by atoms with E-state index in [1.54, 1.807) is 12.1 Å². The van der Waals surface area contributed by atoms with Gasteiger partial charge in [-0.05, 0) is 106 Å². The molecule has 36 heavy (non-hydrogen) atoms. The lowest BCUT2D eigenvalue weighted by Gasteiger charge is -2.50. The highest BCUT2D eigenvalue weighted by atomic mass is 32.2. The minimum Gasteiger partial charge on any atom is -0.364 e. The normalized spacial score (nSPS) is 20.3. The van der Waals surface area contributed by atoms with E-state index in [1.165, 1.54) is 29.4 Å². The summed E-state index contributed by atoms with van der Waals surface area (Å²) >= 11 is 0.814. The van der Waals surface area contributed by atoms with Crippen molar-refractivity contribution in [2.45, 2.75) is 65.5 Å². The summed E-state index contributed by atoms with van der Waals surface area (Å²) in [5, 5.41) is 1.90. The van der Waals surface area contributed by atoms with E-state index in [0.717, 1.165) is 34.2 Å². The van der Waals surface area contributed by atoms with Gasteiger partial charge in [0, 0.05) is 17.3 Å². The predicted octanol–water partition coefficient (Wildman–Crippen LogP) is 6.31. The molecule has 2 aromatic rings. The SMILES string of the molecule is Cc1cc2c(cc1/C=C1\SC(=O)N(CC(=O)Nc3ccccc3F)C1=O)[C@H](C)CC(C)(C)N2C(C)C. The van der Waals surface area contributed by atoms with Crippen molar-refractivity contribution >= 4 is 46.3 Å². The summed E-state index contributed by atoms with van der Waals surface area (Å²) in [5.41, 5.74) is 4.35. The van der Waals surface area contributed by atoms with Gasteiger partial charge in [0.05, 0.1) is 10.6 Å². The molecule has 1 fully saturated rings. The highest BCUT2D eigenvalue weighted by molar-refractivity contribution is 8.18. The molecule has 2 aromatic carbocycles. The summed E-state index contributed by atoms with van der Waals surface area (Å²) in [6, 6.07) is 10.4. The fourth-order valence-corrected chi connectivity index (χ4v) is 6.25. The van der Waals surface area contributed by atoms with Gasteiger partial charge >= 0.3 is 0 Å². The maximum Gasteiger partial charge on any atom is 0.294 e. The summed E-state index contributed by atoms with van der Waals surface area (Å²) in [6.07, 6.45) is 2.75. The van der Waals surface area contributed by atoms with E-state index in [0.29, 0.717) is 12.0 Å². The van der Waals surface area contributed by atoms with E-state index in [9.17, 15) is 18.8 Å². The quantitative estimate of drug-likeness (QED) is 0.479. The Morgan fingerprint density at radius 3 is 2.61 bits per heavy atom. The molecule has 0 spiro atoms. The van der Waals surface area contributed by atoms with E-state index in [1.807, 2.05) is 6.92 Å². The number of aryl methyl sites for hydroxylation is 1. The van der Waals surface area contributed by atoms with E-state index in [2.05, 4.69) is 57.0 Å². The Morgan fingerprint density at radius 1 is 1.25 bits per heavy atom. The molecule has 0 saturated carbocycles. The number of rotatable bonds is 5. The van der Waals surface area contributed by atoms with E-state index in [4.69, 9.17) is 0 Å². The fourth-order valence-electron chi connectivity index (χ4n) is 5.42. The van der Waals surface area contributed by atoms with Crippen LogP contribution >= 0.6 is 11.8 Å². The first-order valence-electron chi connectivity index (χ1n) is 12.1. The molecular formula is C28H32FN3O3S. The molecule has 190 valence electrons. The maximum absolute atomic E-state index is 13.8. The summed E-state index contributed by atoms with van der Waals surface area (Å²) in [5.74, 6) is -1.41. The number of hydrogen-bond donors (Lipinski definition) is 1. The van der Waals surface area contributed by atoms with Gasteiger partial charge in [0.2, 0.25) is 5.91 Å². The first-order chi connectivity index (χ1) is 16.9. The van der Waals surface area contributed by atoms with E-state index < -0.39 is 29.4 Å². The van der Waals surface area contributed by atoms with Gasteiger partial charge in [0.25, 0.3) is 11.1 Å². The number of imide groups is 1. The molecule has 2 heterocycles. The van der Waals surface area contributed by atoms with E-state index in [-0.39, 0.29) is 16.1 Å². The second-order valence-electron chi connectivity index (χ2n) is 10.4. The Labute approximate surface area is 215 Å². The Bertz CT molecular complexity index is 1270. The monoisotopic (exact) mass is 509 g/mol. The van der Waals surface area contributed by atoms with Crippen molar-refractivity contribution in [1.82, 2.24) is 4.90 Å². The Balaban J connectivity index is 1.58. The van der Waals surface area contributed by atoms with Crippen LogP contribution in [0.25, 0.3) is 6.08 Å². The molecule has 2 aliphatic rings. The third kappa shape index (κ3) is 4.91. The van der Waals surface area contributed by atoms with Crippen molar-refractivity contribution in [2.75, 3.05) is 16.8 Å². The van der Waals surface area contributed by atoms with Gasteiger partial charge in [-0.1, -0.05) is 19.1 Å². The second kappa shape index (κ2) is 9.73. The van der Waals surface area contributed by atoms with Gasteiger partial charge in [-0.25, -0.2) is 4.39 Å². The third-order valence-electron chi connectivity index (χ3n) is 6.79. The molecule has 3 amide bonds. The van der Waals surface area contributed by atoms with Crippen LogP contribution in [0, 0.1) is 12.7 Å². The van der Waals surface area contributed by atoms with Crippen LogP contribution in [0.1, 0.15) is 63.6 Å². The van der Waals surface area contributed by atoms with Gasteiger partial charge in [0.1, 0.15) is 12.4 Å². The third-order valence-corrected chi connectivity index (χ3v) is 7.70. The molecule has 0 aromatic heterocycles. The first-order valence-corrected chi connectivity index (χ1v) is 12.9. The van der Waals surface area contributed by atoms with Crippen LogP contribution in [0.2, 0.25) is 0 Å². The number of thioether (sulfide) groups is 1. The molecule has 4 rings (SSSR count). The lowest BCUT2D eigenvalue weighted by molar-refractivity contribution is -0.127. The molecule has 0 unspecified atom stereocenters. The average molecular weight is 510 g/mol. The standard InChI is InChI=1S/C28H32FN3O3S/c1-16(2)32-23-11-17(3)19(12-20(23)18(4)14-28(32,5)6)13-24-26(34)31(27(35)36-24)15-25(33)30-22-10-8-7-9-21(22)29/h7-13,16,18H,14-15H2,1-6H3,(H,30,33)/b24-13-/t18-/m1/s1. The van der Waals surface area contributed by atoms with Gasteiger partial charge in [-0.2, -0.15) is 0 Å². The van der Waals surface area contributed by atoms with Crippen LogP contribution in [0.3, 0.4) is 0 Å². The minimum atomic E-state index is -0.640. The second-order valence-corrected chi connectivity index (χ2v) is 11.4. The molecule has 0 aliphatic carbocycles. The van der Waals surface area contributed by atoms with Crippen LogP contribution in [-0.4, -0.2) is 40.1 Å². The number of hydrogen-bond acceptors (Lipinski definition) is 5. The predicted molar refractivity (Wildman–Crippen MR) is 144 cm³/mol. The number of amides is 3. The highest BCUT2D eigenvalue weighted by Gasteiger charge is 2.39. The number of para-hydroxylation sites is 1. The topological polar surface area (TPSA) is 69.7 Å². The summed E-state index contributed by atoms with van der Waals surface area (Å²) in [7, 11) is 0. The van der Waals surface area contributed by atoms with Crippen molar-refractivity contribution in [2.24, 2.45) is 0 Å². The van der Waals surface area contributed by atoms with Crippen LogP contribution in [0.15, 0.2) is 41.3 Å². The maximum atomic E-state index is 13.8. The molecular weight excluding hydrogens is 477 g/mol. The number of anilines is 2. The number of nitrogens with one attached hydrogen (secondary N) is 1. The van der Waals surface area contributed by atoms with Crippen LogP contribution in [-0.2, 0) is 9.59 Å². The number of nitrogens with zero attached hydrogens (tertiary/aromatic N) is 2. The van der Waals surface area contributed by atoms with Crippen LogP contribution < -0.4 is 10.2 Å². The van der Waals surface area contributed by atoms with Crippen LogP contribution in [0.5, 0.6) is 0 Å². The molecule has 6 nitrogen and oxygen atoms in total. The Hall–Kier alpha value is -3.13. The first kappa shape index (κ1) is 25.9. The zero-order valence-corrected chi connectivity index (χ0v) is 22.3. The number of halogens is 1. The van der Waals surface area contributed by atoms with E-state index >= 15 is 0 Å². The van der Waals surface area contributed by atoms with Crippen molar-refractivity contribution in [3.05, 3.63) is 63.8 Å². The molecule has 0 bridgehead atoms. The van der Waals surface area contributed by atoms with Gasteiger partial charge < -0.3 is 10.2 Å². The Morgan fingerprint density at radius 2 is 1.94 bits per heavy atom. The molecule has 1 saturated heterocycles. The zero-order valence-electron chi connectivity index (χ0n) is 21.5. The molecule has 0 radical (unpaired) electrons. The molecule has 2 aliphatic heterocycles. The summed E-state index contributed by atoms with van der Waals surface area (Å²) < 4.78 is 13.8. The van der Waals surface area contributed by atoms with Crippen molar-refractivity contribution in [3.8, 4) is 0 Å². The molecule has 8 heteroatoms. The number of fused-ring (bicyclic) bond motifs is 1. The van der Waals surface area contributed by atoms with Gasteiger partial charge in [0.15, 0.2) is 0 Å². The number of carbonyl (C=O) groups is 3. The fraction of sp³-hybridized carbons (Fsp3) is 0.393. The van der Waals surface area contributed by atoms with Crippen molar-refractivity contribution in [1.29, 1.82) is 0 Å². The van der Waals surface area contributed by atoms with Gasteiger partial charge in [-0.15, -0.1) is 0 Å². The number of benzene rings is 2. The summed E-state index contributed by atoms with van der Waals surface area (Å²) in [6.45, 7) is 12.7. The van der Waals surface area contributed by atoms with Gasteiger partial charge in [-0.3, -0.25) is 19.3 Å². The smallest absolute Gasteiger partial charge is 0.294 e.